The summed E-state index contributed by atoms with van der Waals surface area (Å²) in [6.45, 7) is 10.1. The molecule has 2 aromatic rings. The maximum atomic E-state index is 12.8. The first kappa shape index (κ1) is 20.3. The summed E-state index contributed by atoms with van der Waals surface area (Å²) in [5.74, 6) is 1.69. The number of benzene rings is 1. The van der Waals surface area contributed by atoms with Crippen molar-refractivity contribution >= 4 is 5.91 Å². The molecule has 8 nitrogen and oxygen atoms in total. The minimum Gasteiger partial charge on any atom is -0.485 e. The van der Waals surface area contributed by atoms with Gasteiger partial charge in [-0.15, -0.1) is 0 Å². The number of rotatable bonds is 8. The van der Waals surface area contributed by atoms with Gasteiger partial charge in [0.05, 0.1) is 18.8 Å². The zero-order valence-electron chi connectivity index (χ0n) is 16.7. The van der Waals surface area contributed by atoms with Crippen LogP contribution in [0.3, 0.4) is 0 Å². The second-order valence-electron chi connectivity index (χ2n) is 7.18. The summed E-state index contributed by atoms with van der Waals surface area (Å²) in [5.41, 5.74) is 0.493. The summed E-state index contributed by atoms with van der Waals surface area (Å²) in [4.78, 5) is 19.3. The molecule has 1 amide bonds. The van der Waals surface area contributed by atoms with Crippen LogP contribution in [-0.2, 0) is 11.3 Å². The van der Waals surface area contributed by atoms with E-state index in [4.69, 9.17) is 14.0 Å². The Bertz CT molecular complexity index is 771. The number of para-hydroxylation sites is 1. The molecule has 28 heavy (non-hydrogen) atoms. The first-order valence-corrected chi connectivity index (χ1v) is 9.65. The first-order valence-electron chi connectivity index (χ1n) is 9.65. The third-order valence-electron chi connectivity index (χ3n) is 4.81. The predicted octanol–water partition coefficient (Wildman–Crippen LogP) is 2.04. The highest BCUT2D eigenvalue weighted by molar-refractivity contribution is 5.96. The lowest BCUT2D eigenvalue weighted by atomic mass is 10.0. The number of hydrogen-bond donors (Lipinski definition) is 1. The van der Waals surface area contributed by atoms with Gasteiger partial charge in [-0.3, -0.25) is 9.69 Å². The molecule has 1 atom stereocenters. The maximum Gasteiger partial charge on any atom is 0.255 e. The molecule has 3 rings (SSSR count). The molecule has 1 aromatic heterocycles. The lowest BCUT2D eigenvalue weighted by Gasteiger charge is -2.36. The van der Waals surface area contributed by atoms with Gasteiger partial charge in [0, 0.05) is 32.6 Å². The second kappa shape index (κ2) is 9.66. The fraction of sp³-hybridized carbons (Fsp3) is 0.550. The third-order valence-corrected chi connectivity index (χ3v) is 4.81. The zero-order chi connectivity index (χ0) is 19.9. The fourth-order valence-electron chi connectivity index (χ4n) is 3.31. The molecule has 8 heteroatoms. The van der Waals surface area contributed by atoms with Crippen molar-refractivity contribution in [1.29, 1.82) is 0 Å². The van der Waals surface area contributed by atoms with E-state index in [0.29, 0.717) is 35.5 Å². The summed E-state index contributed by atoms with van der Waals surface area (Å²) in [6.07, 6.45) is 0. The number of aromatic nitrogens is 2. The summed E-state index contributed by atoms with van der Waals surface area (Å²) in [7, 11) is 0. The molecule has 152 valence electrons. The number of ether oxygens (including phenoxy) is 2. The van der Waals surface area contributed by atoms with Crippen molar-refractivity contribution in [2.24, 2.45) is 5.92 Å². The predicted molar refractivity (Wildman–Crippen MR) is 103 cm³/mol. The second-order valence-corrected chi connectivity index (χ2v) is 7.18. The minimum atomic E-state index is -0.154. The molecule has 2 heterocycles. The smallest absolute Gasteiger partial charge is 0.255 e. The molecule has 1 aliphatic heterocycles. The van der Waals surface area contributed by atoms with Crippen LogP contribution in [0.25, 0.3) is 0 Å². The average molecular weight is 388 g/mol. The average Bonchev–Trinajstić information content (AvgIpc) is 3.12. The van der Waals surface area contributed by atoms with E-state index in [9.17, 15) is 4.79 Å². The van der Waals surface area contributed by atoms with Gasteiger partial charge in [0.25, 0.3) is 5.91 Å². The molecule has 0 radical (unpaired) electrons. The van der Waals surface area contributed by atoms with Gasteiger partial charge in [0.1, 0.15) is 5.75 Å². The standard InChI is InChI=1S/C20H28N4O4/c1-14(2)17(24-8-10-26-11-9-24)12-21-20(25)16-6-4-5-7-18(16)27-13-19-22-15(3)28-23-19/h4-7,14,17H,8-13H2,1-3H3,(H,21,25). The van der Waals surface area contributed by atoms with Crippen molar-refractivity contribution in [2.75, 3.05) is 32.8 Å². The van der Waals surface area contributed by atoms with E-state index in [1.807, 2.05) is 12.1 Å². The topological polar surface area (TPSA) is 89.7 Å². The molecule has 1 unspecified atom stereocenters. The molecular weight excluding hydrogens is 360 g/mol. The number of aryl methyl sites for hydroxylation is 1. The van der Waals surface area contributed by atoms with E-state index in [0.717, 1.165) is 26.3 Å². The Hall–Kier alpha value is -2.45. The Morgan fingerprint density at radius 3 is 2.71 bits per heavy atom. The van der Waals surface area contributed by atoms with Crippen LogP contribution in [0.1, 0.15) is 35.9 Å². The summed E-state index contributed by atoms with van der Waals surface area (Å²) in [5, 5.41) is 6.88. The molecular formula is C20H28N4O4. The molecule has 1 N–H and O–H groups in total. The van der Waals surface area contributed by atoms with E-state index in [1.54, 1.807) is 19.1 Å². The Labute approximate surface area is 165 Å². The number of morpholine rings is 1. The fourth-order valence-corrected chi connectivity index (χ4v) is 3.31. The van der Waals surface area contributed by atoms with Crippen molar-refractivity contribution in [1.82, 2.24) is 20.4 Å². The molecule has 1 aromatic carbocycles. The normalized spacial score (nSPS) is 16.1. The summed E-state index contributed by atoms with van der Waals surface area (Å²) < 4.78 is 16.1. The van der Waals surface area contributed by atoms with Gasteiger partial charge in [-0.25, -0.2) is 0 Å². The van der Waals surface area contributed by atoms with Crippen molar-refractivity contribution in [3.8, 4) is 5.75 Å². The lowest BCUT2D eigenvalue weighted by molar-refractivity contribution is 0.00672. The van der Waals surface area contributed by atoms with Crippen molar-refractivity contribution in [3.63, 3.8) is 0 Å². The largest absolute Gasteiger partial charge is 0.485 e. The molecule has 1 aliphatic rings. The van der Waals surface area contributed by atoms with Crippen LogP contribution in [0.5, 0.6) is 5.75 Å². The third kappa shape index (κ3) is 5.30. The van der Waals surface area contributed by atoms with Gasteiger partial charge in [-0.1, -0.05) is 31.1 Å². The number of hydrogen-bond acceptors (Lipinski definition) is 7. The number of nitrogens with one attached hydrogen (secondary N) is 1. The number of nitrogens with zero attached hydrogens (tertiary/aromatic N) is 3. The van der Waals surface area contributed by atoms with Gasteiger partial charge in [-0.2, -0.15) is 4.98 Å². The SMILES string of the molecule is Cc1nc(COc2ccccc2C(=O)NCC(C(C)C)N2CCOCC2)no1. The van der Waals surface area contributed by atoms with Crippen molar-refractivity contribution in [2.45, 2.75) is 33.4 Å². The first-order chi connectivity index (χ1) is 13.5. The Morgan fingerprint density at radius 2 is 2.04 bits per heavy atom. The highest BCUT2D eigenvalue weighted by atomic mass is 16.5. The number of carbonyl (C=O) groups excluding carboxylic acids is 1. The van der Waals surface area contributed by atoms with Crippen LogP contribution in [-0.4, -0.2) is 59.8 Å². The van der Waals surface area contributed by atoms with Crippen LogP contribution in [0.4, 0.5) is 0 Å². The number of amides is 1. The van der Waals surface area contributed by atoms with Crippen LogP contribution >= 0.6 is 0 Å². The summed E-state index contributed by atoms with van der Waals surface area (Å²) >= 11 is 0. The molecule has 0 spiro atoms. The lowest BCUT2D eigenvalue weighted by Crippen LogP contribution is -2.51. The van der Waals surface area contributed by atoms with Crippen LogP contribution in [0, 0.1) is 12.8 Å². The van der Waals surface area contributed by atoms with Gasteiger partial charge in [0.2, 0.25) is 11.7 Å². The molecule has 0 aliphatic carbocycles. The summed E-state index contributed by atoms with van der Waals surface area (Å²) in [6, 6.07) is 7.44. The van der Waals surface area contributed by atoms with Gasteiger partial charge in [0.15, 0.2) is 6.61 Å². The number of carbonyl (C=O) groups is 1. The quantitative estimate of drug-likeness (QED) is 0.740. The van der Waals surface area contributed by atoms with Crippen LogP contribution < -0.4 is 10.1 Å². The van der Waals surface area contributed by atoms with Gasteiger partial charge in [-0.05, 0) is 18.1 Å². The Kier molecular flexibility index (Phi) is 7.00. The molecule has 0 bridgehead atoms. The van der Waals surface area contributed by atoms with Gasteiger partial charge >= 0.3 is 0 Å². The molecule has 1 fully saturated rings. The van der Waals surface area contributed by atoms with Crippen molar-refractivity contribution < 1.29 is 18.8 Å². The van der Waals surface area contributed by atoms with E-state index in [2.05, 4.69) is 34.2 Å². The monoisotopic (exact) mass is 388 g/mol. The maximum absolute atomic E-state index is 12.8. The van der Waals surface area contributed by atoms with Crippen LogP contribution in [0.2, 0.25) is 0 Å². The Balaban J connectivity index is 1.61. The van der Waals surface area contributed by atoms with E-state index in [-0.39, 0.29) is 18.6 Å². The minimum absolute atomic E-state index is 0.143. The van der Waals surface area contributed by atoms with Crippen LogP contribution in [0.15, 0.2) is 28.8 Å². The Morgan fingerprint density at radius 1 is 1.29 bits per heavy atom. The molecule has 0 saturated carbocycles. The van der Waals surface area contributed by atoms with E-state index >= 15 is 0 Å². The highest BCUT2D eigenvalue weighted by Gasteiger charge is 2.25. The molecule has 1 saturated heterocycles. The van der Waals surface area contributed by atoms with Crippen molar-refractivity contribution in [3.05, 3.63) is 41.5 Å². The van der Waals surface area contributed by atoms with Gasteiger partial charge < -0.3 is 19.3 Å². The van der Waals surface area contributed by atoms with E-state index in [1.165, 1.54) is 0 Å². The zero-order valence-corrected chi connectivity index (χ0v) is 16.7. The van der Waals surface area contributed by atoms with E-state index < -0.39 is 0 Å². The highest BCUT2D eigenvalue weighted by Crippen LogP contribution is 2.19.